The summed E-state index contributed by atoms with van der Waals surface area (Å²) in [6, 6.07) is 4.83. The van der Waals surface area contributed by atoms with Gasteiger partial charge in [0.15, 0.2) is 0 Å². The third-order valence-electron chi connectivity index (χ3n) is 2.67. The summed E-state index contributed by atoms with van der Waals surface area (Å²) >= 11 is 5.63. The Bertz CT molecular complexity index is 393. The van der Waals surface area contributed by atoms with Gasteiger partial charge in [-0.2, -0.15) is 0 Å². The number of carbonyl (C=O) groups is 1. The predicted molar refractivity (Wildman–Crippen MR) is 69.7 cm³/mol. The van der Waals surface area contributed by atoms with Gasteiger partial charge in [0, 0.05) is 18.0 Å². The van der Waals surface area contributed by atoms with E-state index in [9.17, 15) is 9.90 Å². The first kappa shape index (κ1) is 13.8. The first-order valence-corrected chi connectivity index (χ1v) is 6.21. The molecule has 0 bridgehead atoms. The molecule has 0 saturated carbocycles. The topological polar surface area (TPSA) is 49.3 Å². The van der Waals surface area contributed by atoms with Crippen LogP contribution in [-0.2, 0) is 0 Å². The number of rotatable bonds is 5. The van der Waals surface area contributed by atoms with Crippen LogP contribution in [0.2, 0.25) is 0 Å². The number of alkyl halides is 1. The SMILES string of the molecule is Cc1cc(C(=O)NCC(C)CCCl)ccc1O. The first-order chi connectivity index (χ1) is 8.04. The molecule has 0 aromatic heterocycles. The van der Waals surface area contributed by atoms with Crippen molar-refractivity contribution in [1.82, 2.24) is 5.32 Å². The van der Waals surface area contributed by atoms with Gasteiger partial charge in [-0.1, -0.05) is 6.92 Å². The van der Waals surface area contributed by atoms with Crippen molar-refractivity contribution in [3.05, 3.63) is 29.3 Å². The number of aromatic hydroxyl groups is 1. The van der Waals surface area contributed by atoms with Gasteiger partial charge in [-0.3, -0.25) is 4.79 Å². The van der Waals surface area contributed by atoms with E-state index in [-0.39, 0.29) is 11.7 Å². The van der Waals surface area contributed by atoms with Crippen molar-refractivity contribution < 1.29 is 9.90 Å². The van der Waals surface area contributed by atoms with Gasteiger partial charge in [0.05, 0.1) is 0 Å². The molecular formula is C13H18ClNO2. The summed E-state index contributed by atoms with van der Waals surface area (Å²) in [5.74, 6) is 1.07. The number of hydrogen-bond donors (Lipinski definition) is 2. The second kappa shape index (κ2) is 6.50. The average Bonchev–Trinajstić information content (AvgIpc) is 2.30. The van der Waals surface area contributed by atoms with E-state index in [1.54, 1.807) is 19.1 Å². The smallest absolute Gasteiger partial charge is 0.251 e. The molecule has 1 unspecified atom stereocenters. The number of amides is 1. The fraction of sp³-hybridized carbons (Fsp3) is 0.462. The molecule has 17 heavy (non-hydrogen) atoms. The van der Waals surface area contributed by atoms with Crippen molar-refractivity contribution in [3.63, 3.8) is 0 Å². The summed E-state index contributed by atoms with van der Waals surface area (Å²) in [5, 5.41) is 12.2. The van der Waals surface area contributed by atoms with Crippen molar-refractivity contribution >= 4 is 17.5 Å². The van der Waals surface area contributed by atoms with Crippen molar-refractivity contribution in [2.75, 3.05) is 12.4 Å². The molecule has 0 spiro atoms. The summed E-state index contributed by atoms with van der Waals surface area (Å²) < 4.78 is 0. The van der Waals surface area contributed by atoms with Gasteiger partial charge in [-0.15, -0.1) is 11.6 Å². The standard InChI is InChI=1S/C13H18ClNO2/c1-9(5-6-14)8-15-13(17)11-3-4-12(16)10(2)7-11/h3-4,7,9,16H,5-6,8H2,1-2H3,(H,15,17). The Morgan fingerprint density at radius 3 is 2.82 bits per heavy atom. The zero-order valence-corrected chi connectivity index (χ0v) is 10.9. The molecule has 94 valence electrons. The second-order valence-corrected chi connectivity index (χ2v) is 4.67. The number of phenolic OH excluding ortho intramolecular Hbond substituents is 1. The maximum Gasteiger partial charge on any atom is 0.251 e. The number of phenols is 1. The summed E-state index contributed by atoms with van der Waals surface area (Å²) in [6.45, 7) is 4.43. The molecular weight excluding hydrogens is 238 g/mol. The molecule has 0 heterocycles. The zero-order chi connectivity index (χ0) is 12.8. The van der Waals surface area contributed by atoms with Crippen LogP contribution in [0.4, 0.5) is 0 Å². The lowest BCUT2D eigenvalue weighted by Gasteiger charge is -2.11. The molecule has 0 aliphatic carbocycles. The van der Waals surface area contributed by atoms with Crippen molar-refractivity contribution in [2.45, 2.75) is 20.3 Å². The van der Waals surface area contributed by atoms with Gasteiger partial charge in [0.25, 0.3) is 5.91 Å². The van der Waals surface area contributed by atoms with Crippen LogP contribution in [0.25, 0.3) is 0 Å². The highest BCUT2D eigenvalue weighted by Gasteiger charge is 2.08. The predicted octanol–water partition coefficient (Wildman–Crippen LogP) is 2.70. The molecule has 0 saturated heterocycles. The number of hydrogen-bond acceptors (Lipinski definition) is 2. The lowest BCUT2D eigenvalue weighted by Crippen LogP contribution is -2.28. The fourth-order valence-electron chi connectivity index (χ4n) is 1.45. The van der Waals surface area contributed by atoms with Crippen LogP contribution in [0.3, 0.4) is 0 Å². The van der Waals surface area contributed by atoms with Crippen molar-refractivity contribution in [2.24, 2.45) is 5.92 Å². The highest BCUT2D eigenvalue weighted by atomic mass is 35.5. The lowest BCUT2D eigenvalue weighted by molar-refractivity contribution is 0.0948. The summed E-state index contributed by atoms with van der Waals surface area (Å²) in [4.78, 5) is 11.8. The molecule has 0 fully saturated rings. The first-order valence-electron chi connectivity index (χ1n) is 5.68. The highest BCUT2D eigenvalue weighted by Crippen LogP contribution is 2.16. The summed E-state index contributed by atoms with van der Waals surface area (Å²) in [5.41, 5.74) is 1.27. The Morgan fingerprint density at radius 2 is 2.24 bits per heavy atom. The maximum atomic E-state index is 11.8. The van der Waals surface area contributed by atoms with Crippen molar-refractivity contribution in [3.8, 4) is 5.75 Å². The Labute approximate surface area is 107 Å². The van der Waals surface area contributed by atoms with Crippen LogP contribution in [-0.4, -0.2) is 23.4 Å². The molecule has 3 nitrogen and oxygen atoms in total. The normalized spacial score (nSPS) is 12.2. The van der Waals surface area contributed by atoms with Crippen LogP contribution in [0.1, 0.15) is 29.3 Å². The van der Waals surface area contributed by atoms with Crippen LogP contribution in [0.5, 0.6) is 5.75 Å². The molecule has 1 atom stereocenters. The van der Waals surface area contributed by atoms with Crippen LogP contribution >= 0.6 is 11.6 Å². The third-order valence-corrected chi connectivity index (χ3v) is 2.89. The van der Waals surface area contributed by atoms with E-state index in [1.165, 1.54) is 6.07 Å². The molecule has 0 aliphatic rings. The molecule has 0 aliphatic heterocycles. The van der Waals surface area contributed by atoms with E-state index < -0.39 is 0 Å². The third kappa shape index (κ3) is 4.27. The fourth-order valence-corrected chi connectivity index (χ4v) is 1.83. The number of aryl methyl sites for hydroxylation is 1. The molecule has 0 radical (unpaired) electrons. The quantitative estimate of drug-likeness (QED) is 0.795. The Hall–Kier alpha value is -1.22. The minimum atomic E-state index is -0.116. The van der Waals surface area contributed by atoms with Gasteiger partial charge in [-0.05, 0) is 43.0 Å². The molecule has 1 amide bonds. The van der Waals surface area contributed by atoms with E-state index in [4.69, 9.17) is 11.6 Å². The molecule has 1 aromatic carbocycles. The van der Waals surface area contributed by atoms with E-state index in [2.05, 4.69) is 5.32 Å². The molecule has 4 heteroatoms. The van der Waals surface area contributed by atoms with Crippen LogP contribution in [0, 0.1) is 12.8 Å². The summed E-state index contributed by atoms with van der Waals surface area (Å²) in [7, 11) is 0. The summed E-state index contributed by atoms with van der Waals surface area (Å²) in [6.07, 6.45) is 0.885. The van der Waals surface area contributed by atoms with Crippen LogP contribution in [0.15, 0.2) is 18.2 Å². The largest absolute Gasteiger partial charge is 0.508 e. The van der Waals surface area contributed by atoms with E-state index in [1.807, 2.05) is 6.92 Å². The highest BCUT2D eigenvalue weighted by molar-refractivity contribution is 6.17. The van der Waals surface area contributed by atoms with Gasteiger partial charge < -0.3 is 10.4 Å². The Kier molecular flexibility index (Phi) is 5.29. The van der Waals surface area contributed by atoms with Gasteiger partial charge in [0.2, 0.25) is 0 Å². The van der Waals surface area contributed by atoms with Gasteiger partial charge >= 0.3 is 0 Å². The molecule has 1 rings (SSSR count). The van der Waals surface area contributed by atoms with Gasteiger partial charge in [-0.25, -0.2) is 0 Å². The molecule has 1 aromatic rings. The Morgan fingerprint density at radius 1 is 1.53 bits per heavy atom. The lowest BCUT2D eigenvalue weighted by atomic mass is 10.1. The van der Waals surface area contributed by atoms with Crippen molar-refractivity contribution in [1.29, 1.82) is 0 Å². The van der Waals surface area contributed by atoms with E-state index in [0.717, 1.165) is 6.42 Å². The number of carbonyl (C=O) groups excluding carboxylic acids is 1. The number of halogens is 1. The maximum absolute atomic E-state index is 11.8. The minimum absolute atomic E-state index is 0.116. The minimum Gasteiger partial charge on any atom is -0.508 e. The zero-order valence-electron chi connectivity index (χ0n) is 10.2. The van der Waals surface area contributed by atoms with E-state index >= 15 is 0 Å². The second-order valence-electron chi connectivity index (χ2n) is 4.29. The Balaban J connectivity index is 2.55. The number of nitrogens with one attached hydrogen (secondary N) is 1. The van der Waals surface area contributed by atoms with E-state index in [0.29, 0.717) is 29.5 Å². The van der Waals surface area contributed by atoms with Crippen LogP contribution < -0.4 is 5.32 Å². The average molecular weight is 256 g/mol. The monoisotopic (exact) mass is 255 g/mol. The molecule has 2 N–H and O–H groups in total. The van der Waals surface area contributed by atoms with Gasteiger partial charge in [0.1, 0.15) is 5.75 Å². The number of benzene rings is 1.